The van der Waals surface area contributed by atoms with E-state index in [0.717, 1.165) is 0 Å². The van der Waals surface area contributed by atoms with Gasteiger partial charge in [0, 0.05) is 23.4 Å². The molecule has 8 heteroatoms. The number of fused-ring (bicyclic) bond motifs is 1. The van der Waals surface area contributed by atoms with Crippen LogP contribution < -0.4 is 0 Å². The Morgan fingerprint density at radius 3 is 1.57 bits per heavy atom. The maximum Gasteiger partial charge on any atom is 0.417 e. The molecule has 4 aromatic rings. The SMILES string of the molecule is CCOC(=O)C1(C(=O)OCC)Cc2c(c(-c3ccccc3)c(C(F)(F)F)c(-c3ccc(Cl)cc3)c2-c2ccccc2)C1. The maximum absolute atomic E-state index is 15.5. The highest BCUT2D eigenvalue weighted by atomic mass is 35.5. The van der Waals surface area contributed by atoms with Gasteiger partial charge in [0.25, 0.3) is 0 Å². The predicted octanol–water partition coefficient (Wildman–Crippen LogP) is 8.57. The van der Waals surface area contributed by atoms with Crippen LogP contribution in [0.3, 0.4) is 0 Å². The number of carbonyl (C=O) groups excluding carboxylic acids is 2. The summed E-state index contributed by atoms with van der Waals surface area (Å²) < 4.78 is 57.1. The molecule has 0 heterocycles. The number of hydrogen-bond acceptors (Lipinski definition) is 4. The fourth-order valence-electron chi connectivity index (χ4n) is 5.86. The van der Waals surface area contributed by atoms with Gasteiger partial charge in [0.05, 0.1) is 18.8 Å². The van der Waals surface area contributed by atoms with Crippen molar-refractivity contribution in [2.45, 2.75) is 32.9 Å². The Morgan fingerprint density at radius 2 is 1.12 bits per heavy atom. The number of hydrogen-bond donors (Lipinski definition) is 0. The molecule has 0 amide bonds. The van der Waals surface area contributed by atoms with Crippen LogP contribution in [0, 0.1) is 5.41 Å². The van der Waals surface area contributed by atoms with Crippen molar-refractivity contribution in [2.75, 3.05) is 13.2 Å². The first kappa shape index (κ1) is 29.4. The lowest BCUT2D eigenvalue weighted by atomic mass is 9.80. The fourth-order valence-corrected chi connectivity index (χ4v) is 5.98. The number of rotatable bonds is 7. The highest BCUT2D eigenvalue weighted by Gasteiger charge is 2.56. The summed E-state index contributed by atoms with van der Waals surface area (Å²) >= 11 is 6.15. The zero-order chi connectivity index (χ0) is 30.1. The molecule has 0 bridgehead atoms. The molecule has 216 valence electrons. The summed E-state index contributed by atoms with van der Waals surface area (Å²) in [5.41, 5.74) is -0.632. The molecule has 1 aliphatic carbocycles. The number of carbonyl (C=O) groups is 2. The average molecular weight is 593 g/mol. The van der Waals surface area contributed by atoms with E-state index in [-0.39, 0.29) is 42.7 Å². The number of halogens is 4. The van der Waals surface area contributed by atoms with Crippen LogP contribution in [0.2, 0.25) is 5.02 Å². The molecule has 4 nitrogen and oxygen atoms in total. The summed E-state index contributed by atoms with van der Waals surface area (Å²) in [7, 11) is 0. The van der Waals surface area contributed by atoms with Crippen molar-refractivity contribution >= 4 is 23.5 Å². The molecule has 0 unspecified atom stereocenters. The van der Waals surface area contributed by atoms with Crippen molar-refractivity contribution in [1.82, 2.24) is 0 Å². The molecule has 1 aliphatic rings. The molecule has 4 aromatic carbocycles. The van der Waals surface area contributed by atoms with Crippen molar-refractivity contribution in [3.05, 3.63) is 107 Å². The molecular weight excluding hydrogens is 565 g/mol. The van der Waals surface area contributed by atoms with Crippen molar-refractivity contribution < 1.29 is 32.2 Å². The first-order chi connectivity index (χ1) is 20.1. The highest BCUT2D eigenvalue weighted by Crippen LogP contribution is 2.56. The lowest BCUT2D eigenvalue weighted by Gasteiger charge is -2.26. The van der Waals surface area contributed by atoms with E-state index in [2.05, 4.69) is 0 Å². The van der Waals surface area contributed by atoms with E-state index in [9.17, 15) is 9.59 Å². The van der Waals surface area contributed by atoms with Gasteiger partial charge in [-0.3, -0.25) is 9.59 Å². The summed E-state index contributed by atoms with van der Waals surface area (Å²) in [4.78, 5) is 27.1. The zero-order valence-electron chi connectivity index (χ0n) is 23.1. The van der Waals surface area contributed by atoms with Gasteiger partial charge in [0.1, 0.15) is 0 Å². The number of alkyl halides is 3. The lowest BCUT2D eigenvalue weighted by Crippen LogP contribution is -2.43. The zero-order valence-corrected chi connectivity index (χ0v) is 23.8. The molecule has 0 aromatic heterocycles. The Hall–Kier alpha value is -4.10. The average Bonchev–Trinajstić information content (AvgIpc) is 3.39. The number of esters is 2. The topological polar surface area (TPSA) is 52.6 Å². The largest absolute Gasteiger partial charge is 0.465 e. The summed E-state index contributed by atoms with van der Waals surface area (Å²) in [6.07, 6.45) is -5.28. The third-order valence-electron chi connectivity index (χ3n) is 7.55. The number of ether oxygens (including phenoxy) is 2. The molecule has 0 radical (unpaired) electrons. The summed E-state index contributed by atoms with van der Waals surface area (Å²) in [6, 6.07) is 23.2. The monoisotopic (exact) mass is 592 g/mol. The summed E-state index contributed by atoms with van der Waals surface area (Å²) in [5, 5.41) is 0.377. The van der Waals surface area contributed by atoms with Crippen molar-refractivity contribution in [3.8, 4) is 33.4 Å². The molecule has 0 saturated heterocycles. The van der Waals surface area contributed by atoms with E-state index in [4.69, 9.17) is 21.1 Å². The summed E-state index contributed by atoms with van der Waals surface area (Å²) in [5.74, 6) is -1.64. The Balaban J connectivity index is 1.99. The number of benzene rings is 4. The van der Waals surface area contributed by atoms with Gasteiger partial charge in [-0.2, -0.15) is 13.2 Å². The molecule has 42 heavy (non-hydrogen) atoms. The Labute approximate surface area is 247 Å². The quantitative estimate of drug-likeness (QED) is 0.159. The second kappa shape index (κ2) is 11.6. The van der Waals surface area contributed by atoms with Crippen molar-refractivity contribution in [1.29, 1.82) is 0 Å². The molecule has 0 aliphatic heterocycles. The van der Waals surface area contributed by atoms with E-state index in [1.807, 2.05) is 0 Å². The normalized spacial score (nSPS) is 13.9. The highest BCUT2D eigenvalue weighted by molar-refractivity contribution is 6.30. The van der Waals surface area contributed by atoms with Crippen LogP contribution in [0.1, 0.15) is 30.5 Å². The van der Waals surface area contributed by atoms with Crippen LogP contribution in [0.15, 0.2) is 84.9 Å². The van der Waals surface area contributed by atoms with Crippen LogP contribution in [-0.2, 0) is 38.1 Å². The minimum atomic E-state index is -4.81. The minimum absolute atomic E-state index is 0.00273. The minimum Gasteiger partial charge on any atom is -0.465 e. The molecule has 0 saturated carbocycles. The van der Waals surface area contributed by atoms with Gasteiger partial charge in [-0.05, 0) is 64.9 Å². The second-order valence-corrected chi connectivity index (χ2v) is 10.5. The van der Waals surface area contributed by atoms with Gasteiger partial charge in [0.15, 0.2) is 5.41 Å². The van der Waals surface area contributed by atoms with E-state index in [0.29, 0.717) is 32.8 Å². The third kappa shape index (κ3) is 5.18. The smallest absolute Gasteiger partial charge is 0.417 e. The predicted molar refractivity (Wildman–Crippen MR) is 156 cm³/mol. The van der Waals surface area contributed by atoms with Gasteiger partial charge in [-0.1, -0.05) is 84.4 Å². The summed E-state index contributed by atoms with van der Waals surface area (Å²) in [6.45, 7) is 3.22. The Bertz CT molecular complexity index is 1600. The molecule has 0 spiro atoms. The van der Waals surface area contributed by atoms with E-state index >= 15 is 13.2 Å². The fraction of sp³-hybridized carbons (Fsp3) is 0.235. The van der Waals surface area contributed by atoms with Gasteiger partial charge >= 0.3 is 18.1 Å². The molecule has 0 fully saturated rings. The first-order valence-electron chi connectivity index (χ1n) is 13.6. The van der Waals surface area contributed by atoms with Crippen LogP contribution in [-0.4, -0.2) is 25.2 Å². The first-order valence-corrected chi connectivity index (χ1v) is 14.0. The van der Waals surface area contributed by atoms with E-state index < -0.39 is 29.1 Å². The van der Waals surface area contributed by atoms with Crippen LogP contribution in [0.25, 0.3) is 33.4 Å². The van der Waals surface area contributed by atoms with Gasteiger partial charge in [-0.25, -0.2) is 0 Å². The Morgan fingerprint density at radius 1 is 0.690 bits per heavy atom. The Kier molecular flexibility index (Phi) is 8.15. The molecule has 5 rings (SSSR count). The second-order valence-electron chi connectivity index (χ2n) is 10.1. The maximum atomic E-state index is 15.5. The van der Waals surface area contributed by atoms with Crippen molar-refractivity contribution in [3.63, 3.8) is 0 Å². The van der Waals surface area contributed by atoms with Gasteiger partial charge in [-0.15, -0.1) is 0 Å². The standard InChI is InChI=1S/C34H28ClF3O4/c1-3-41-31(39)33(32(40)42-4-2)19-25-26(20-33)28(22-13-9-6-10-14-22)30(34(36,37)38)29(23-15-17-24(35)18-16-23)27(25)21-11-7-5-8-12-21/h5-18H,3-4,19-20H2,1-2H3. The van der Waals surface area contributed by atoms with Crippen molar-refractivity contribution in [2.24, 2.45) is 5.41 Å². The van der Waals surface area contributed by atoms with Gasteiger partial charge < -0.3 is 9.47 Å². The molecule has 0 atom stereocenters. The van der Waals surface area contributed by atoms with Gasteiger partial charge in [0.2, 0.25) is 0 Å². The molecule has 0 N–H and O–H groups in total. The third-order valence-corrected chi connectivity index (χ3v) is 7.80. The van der Waals surface area contributed by atoms with Crippen LogP contribution in [0.4, 0.5) is 13.2 Å². The molecular formula is C34H28ClF3O4. The lowest BCUT2D eigenvalue weighted by molar-refractivity contribution is -0.171. The van der Waals surface area contributed by atoms with Crippen LogP contribution in [0.5, 0.6) is 0 Å². The van der Waals surface area contributed by atoms with E-state index in [1.54, 1.807) is 98.8 Å². The van der Waals surface area contributed by atoms with E-state index in [1.165, 1.54) is 0 Å². The van der Waals surface area contributed by atoms with Crippen LogP contribution >= 0.6 is 11.6 Å².